The van der Waals surface area contributed by atoms with Gasteiger partial charge in [0, 0.05) is 63.1 Å². The van der Waals surface area contributed by atoms with E-state index in [4.69, 9.17) is 0 Å². The molecule has 1 N–H and O–H groups in total. The first kappa shape index (κ1) is 12.9. The summed E-state index contributed by atoms with van der Waals surface area (Å²) in [5.74, 6) is 1.12. The molecule has 0 aliphatic heterocycles. The van der Waals surface area contributed by atoms with Crippen LogP contribution in [0.1, 0.15) is 11.4 Å². The van der Waals surface area contributed by atoms with E-state index in [1.165, 1.54) is 16.5 Å². The van der Waals surface area contributed by atoms with Crippen molar-refractivity contribution in [1.82, 2.24) is 19.4 Å². The average molecular weight is 268 g/mol. The van der Waals surface area contributed by atoms with E-state index in [0.29, 0.717) is 0 Å². The Morgan fingerprint density at radius 3 is 2.80 bits per heavy atom. The van der Waals surface area contributed by atoms with Crippen LogP contribution in [0, 0.1) is 0 Å². The molecule has 4 nitrogen and oxygen atoms in total. The molecule has 3 rings (SSSR count). The van der Waals surface area contributed by atoms with E-state index >= 15 is 0 Å². The van der Waals surface area contributed by atoms with Crippen LogP contribution in [-0.4, -0.2) is 20.7 Å². The fourth-order valence-electron chi connectivity index (χ4n) is 2.63. The normalized spacial score (nSPS) is 11.3. The van der Waals surface area contributed by atoms with Gasteiger partial charge in [0.2, 0.25) is 0 Å². The van der Waals surface area contributed by atoms with Gasteiger partial charge < -0.3 is 14.5 Å². The summed E-state index contributed by atoms with van der Waals surface area (Å²) in [7, 11) is 4.13. The molecular formula is C16H20N4. The zero-order chi connectivity index (χ0) is 13.9. The van der Waals surface area contributed by atoms with Gasteiger partial charge in [-0.25, -0.2) is 4.98 Å². The highest BCUT2D eigenvalue weighted by Gasteiger charge is 2.05. The van der Waals surface area contributed by atoms with E-state index in [-0.39, 0.29) is 0 Å². The quantitative estimate of drug-likeness (QED) is 0.720. The first-order chi connectivity index (χ1) is 9.75. The zero-order valence-electron chi connectivity index (χ0n) is 12.0. The lowest BCUT2D eigenvalue weighted by Crippen LogP contribution is -2.18. The Bertz CT molecular complexity index is 708. The molecule has 4 heteroatoms. The maximum absolute atomic E-state index is 4.33. The number of aryl methyl sites for hydroxylation is 2. The molecule has 3 aromatic rings. The van der Waals surface area contributed by atoms with Gasteiger partial charge in [0.05, 0.1) is 0 Å². The number of aromatic nitrogens is 3. The Kier molecular flexibility index (Phi) is 3.56. The van der Waals surface area contributed by atoms with Crippen LogP contribution in [0.3, 0.4) is 0 Å². The second kappa shape index (κ2) is 5.51. The largest absolute Gasteiger partial charge is 0.350 e. The molecule has 1 aromatic carbocycles. The Balaban J connectivity index is 1.62. The summed E-state index contributed by atoms with van der Waals surface area (Å²) in [6.07, 6.45) is 6.99. The first-order valence-electron chi connectivity index (χ1n) is 6.95. The fourth-order valence-corrected chi connectivity index (χ4v) is 2.63. The van der Waals surface area contributed by atoms with E-state index in [1.807, 2.05) is 19.4 Å². The van der Waals surface area contributed by atoms with Crippen molar-refractivity contribution in [3.63, 3.8) is 0 Å². The van der Waals surface area contributed by atoms with E-state index < -0.39 is 0 Å². The van der Waals surface area contributed by atoms with Crippen molar-refractivity contribution in [2.45, 2.75) is 13.0 Å². The van der Waals surface area contributed by atoms with E-state index in [9.17, 15) is 0 Å². The molecule has 20 heavy (non-hydrogen) atoms. The van der Waals surface area contributed by atoms with Crippen LogP contribution in [0.5, 0.6) is 0 Å². The van der Waals surface area contributed by atoms with Crippen molar-refractivity contribution < 1.29 is 0 Å². The number of rotatable bonds is 5. The molecule has 0 radical (unpaired) electrons. The van der Waals surface area contributed by atoms with Gasteiger partial charge in [-0.2, -0.15) is 0 Å². The SMILES string of the molecule is Cn1ccnc1CCNCc1cn(C)c2ccccc12. The molecule has 0 unspecified atom stereocenters. The van der Waals surface area contributed by atoms with Gasteiger partial charge in [-0.05, 0) is 11.6 Å². The molecule has 0 spiro atoms. The third-order valence-electron chi connectivity index (χ3n) is 3.74. The molecule has 0 saturated heterocycles. The number of benzene rings is 1. The van der Waals surface area contributed by atoms with E-state index in [0.717, 1.165) is 25.3 Å². The lowest BCUT2D eigenvalue weighted by molar-refractivity contribution is 0.656. The highest BCUT2D eigenvalue weighted by molar-refractivity contribution is 5.83. The van der Waals surface area contributed by atoms with Gasteiger partial charge in [0.25, 0.3) is 0 Å². The molecule has 0 aliphatic carbocycles. The fraction of sp³-hybridized carbons (Fsp3) is 0.312. The van der Waals surface area contributed by atoms with Crippen molar-refractivity contribution in [1.29, 1.82) is 0 Å². The summed E-state index contributed by atoms with van der Waals surface area (Å²) >= 11 is 0. The molecule has 0 saturated carbocycles. The van der Waals surface area contributed by atoms with Gasteiger partial charge >= 0.3 is 0 Å². The second-order valence-corrected chi connectivity index (χ2v) is 5.16. The molecule has 0 amide bonds. The van der Waals surface area contributed by atoms with Crippen LogP contribution >= 0.6 is 0 Å². The maximum atomic E-state index is 4.33. The van der Waals surface area contributed by atoms with Crippen molar-refractivity contribution >= 4 is 10.9 Å². The summed E-state index contributed by atoms with van der Waals surface area (Å²) in [6, 6.07) is 8.53. The van der Waals surface area contributed by atoms with E-state index in [1.54, 1.807) is 0 Å². The summed E-state index contributed by atoms with van der Waals surface area (Å²) in [5.41, 5.74) is 2.64. The molecule has 0 aliphatic rings. The van der Waals surface area contributed by atoms with Gasteiger partial charge in [0.1, 0.15) is 5.82 Å². The maximum Gasteiger partial charge on any atom is 0.109 e. The van der Waals surface area contributed by atoms with Crippen molar-refractivity contribution in [2.75, 3.05) is 6.54 Å². The third kappa shape index (κ3) is 2.47. The summed E-state index contributed by atoms with van der Waals surface area (Å²) in [5, 5.41) is 4.84. The second-order valence-electron chi connectivity index (χ2n) is 5.16. The molecule has 2 heterocycles. The molecule has 0 fully saturated rings. The predicted molar refractivity (Wildman–Crippen MR) is 81.5 cm³/mol. The number of fused-ring (bicyclic) bond motifs is 1. The minimum absolute atomic E-state index is 0.895. The Morgan fingerprint density at radius 2 is 2.00 bits per heavy atom. The predicted octanol–water partition coefficient (Wildman–Crippen LogP) is 2.24. The van der Waals surface area contributed by atoms with Gasteiger partial charge in [-0.15, -0.1) is 0 Å². The first-order valence-corrected chi connectivity index (χ1v) is 6.95. The number of para-hydroxylation sites is 1. The molecule has 2 aromatic heterocycles. The lowest BCUT2D eigenvalue weighted by atomic mass is 10.2. The van der Waals surface area contributed by atoms with E-state index in [2.05, 4.69) is 56.9 Å². The molecule has 0 bridgehead atoms. The zero-order valence-corrected chi connectivity index (χ0v) is 12.0. The van der Waals surface area contributed by atoms with Crippen molar-refractivity contribution in [3.8, 4) is 0 Å². The minimum atomic E-state index is 0.895. The van der Waals surface area contributed by atoms with Gasteiger partial charge in [-0.3, -0.25) is 0 Å². The third-order valence-corrected chi connectivity index (χ3v) is 3.74. The monoisotopic (exact) mass is 268 g/mol. The Hall–Kier alpha value is -2.07. The smallest absolute Gasteiger partial charge is 0.109 e. The lowest BCUT2D eigenvalue weighted by Gasteiger charge is -2.04. The number of nitrogens with one attached hydrogen (secondary N) is 1. The topological polar surface area (TPSA) is 34.8 Å². The summed E-state index contributed by atoms with van der Waals surface area (Å²) in [6.45, 7) is 1.83. The average Bonchev–Trinajstić information content (AvgIpc) is 3.00. The Labute approximate surface area is 119 Å². The highest BCUT2D eigenvalue weighted by Crippen LogP contribution is 2.19. The summed E-state index contributed by atoms with van der Waals surface area (Å²) in [4.78, 5) is 4.33. The molecule has 0 atom stereocenters. The number of imidazole rings is 1. The van der Waals surface area contributed by atoms with Crippen LogP contribution in [0.25, 0.3) is 10.9 Å². The van der Waals surface area contributed by atoms with Gasteiger partial charge in [-0.1, -0.05) is 18.2 Å². The molecule has 104 valence electrons. The van der Waals surface area contributed by atoms with Crippen LogP contribution in [0.2, 0.25) is 0 Å². The van der Waals surface area contributed by atoms with Crippen LogP contribution in [0.4, 0.5) is 0 Å². The van der Waals surface area contributed by atoms with Gasteiger partial charge in [0.15, 0.2) is 0 Å². The van der Waals surface area contributed by atoms with Crippen LogP contribution in [0.15, 0.2) is 42.9 Å². The van der Waals surface area contributed by atoms with Crippen molar-refractivity contribution in [2.24, 2.45) is 14.1 Å². The van der Waals surface area contributed by atoms with Crippen LogP contribution < -0.4 is 5.32 Å². The molecular weight excluding hydrogens is 248 g/mol. The Morgan fingerprint density at radius 1 is 1.15 bits per heavy atom. The number of hydrogen-bond donors (Lipinski definition) is 1. The number of hydrogen-bond acceptors (Lipinski definition) is 2. The number of nitrogens with zero attached hydrogens (tertiary/aromatic N) is 3. The summed E-state index contributed by atoms with van der Waals surface area (Å²) < 4.78 is 4.25. The van der Waals surface area contributed by atoms with Crippen molar-refractivity contribution in [3.05, 3.63) is 54.2 Å². The standard InChI is InChI=1S/C16H20N4/c1-19-10-9-18-16(19)7-8-17-11-13-12-20(2)15-6-4-3-5-14(13)15/h3-6,9-10,12,17H,7-8,11H2,1-2H3. The van der Waals surface area contributed by atoms with Crippen LogP contribution in [-0.2, 0) is 27.1 Å². The highest BCUT2D eigenvalue weighted by atomic mass is 15.0. The minimum Gasteiger partial charge on any atom is -0.350 e.